The van der Waals surface area contributed by atoms with Crippen molar-refractivity contribution in [3.05, 3.63) is 76.8 Å². The fourth-order valence-electron chi connectivity index (χ4n) is 4.23. The van der Waals surface area contributed by atoms with Crippen LogP contribution in [0.5, 0.6) is 5.88 Å². The van der Waals surface area contributed by atoms with Crippen LogP contribution in [0.15, 0.2) is 65.7 Å². The summed E-state index contributed by atoms with van der Waals surface area (Å²) in [5.74, 6) is -0.0536. The van der Waals surface area contributed by atoms with Crippen molar-refractivity contribution in [1.82, 2.24) is 9.88 Å². The fraction of sp³-hybridized carbons (Fsp3) is 0.214. The Hall–Kier alpha value is -4.01. The molecule has 1 heterocycles. The van der Waals surface area contributed by atoms with Crippen molar-refractivity contribution in [2.24, 2.45) is 4.99 Å². The number of anilines is 3. The number of halogens is 1. The molecule has 4 aromatic rings. The van der Waals surface area contributed by atoms with Gasteiger partial charge >= 0.3 is 0 Å². The predicted octanol–water partition coefficient (Wildman–Crippen LogP) is 5.17. The molecule has 0 spiro atoms. The Morgan fingerprint density at radius 3 is 2.38 bits per heavy atom. The molecule has 0 fully saturated rings. The lowest BCUT2D eigenvalue weighted by Gasteiger charge is -2.22. The van der Waals surface area contributed by atoms with Gasteiger partial charge in [-0.3, -0.25) is 4.79 Å². The first kappa shape index (κ1) is 26.1. The van der Waals surface area contributed by atoms with E-state index in [1.165, 1.54) is 0 Å². The first-order chi connectivity index (χ1) is 17.6. The second-order valence-electron chi connectivity index (χ2n) is 9.19. The van der Waals surface area contributed by atoms with Crippen molar-refractivity contribution in [3.8, 4) is 5.88 Å². The minimum Gasteiger partial charge on any atom is -0.494 e. The van der Waals surface area contributed by atoms with Crippen molar-refractivity contribution in [2.75, 3.05) is 43.6 Å². The van der Waals surface area contributed by atoms with Crippen LogP contribution in [-0.4, -0.2) is 53.8 Å². The third-order valence-corrected chi connectivity index (χ3v) is 6.34. The summed E-state index contributed by atoms with van der Waals surface area (Å²) in [5, 5.41) is 12.2. The molecule has 0 aliphatic rings. The van der Waals surface area contributed by atoms with E-state index in [0.717, 1.165) is 24.0 Å². The number of hydrogen-bond donors (Lipinski definition) is 4. The molecule has 192 valence electrons. The number of aromatic hydroxyl groups is 1. The highest BCUT2D eigenvalue weighted by Gasteiger charge is 2.20. The summed E-state index contributed by atoms with van der Waals surface area (Å²) in [6.07, 6.45) is 0.860. The maximum atomic E-state index is 12.3. The fourth-order valence-corrected chi connectivity index (χ4v) is 4.40. The number of carbonyl (C=O) groups is 1. The van der Waals surface area contributed by atoms with Gasteiger partial charge in [0.2, 0.25) is 5.91 Å². The lowest BCUT2D eigenvalue weighted by Crippen LogP contribution is -2.31. The van der Waals surface area contributed by atoms with Gasteiger partial charge in [-0.05, 0) is 75.6 Å². The van der Waals surface area contributed by atoms with Crippen molar-refractivity contribution < 1.29 is 9.90 Å². The van der Waals surface area contributed by atoms with Gasteiger partial charge in [0, 0.05) is 35.1 Å². The normalized spacial score (nSPS) is 11.9. The average molecular weight is 519 g/mol. The van der Waals surface area contributed by atoms with Crippen LogP contribution in [0.1, 0.15) is 24.5 Å². The Bertz CT molecular complexity index is 1460. The number of rotatable bonds is 8. The Morgan fingerprint density at radius 1 is 1.00 bits per heavy atom. The highest BCUT2D eigenvalue weighted by atomic mass is 35.5. The number of carbonyl (C=O) groups excluding carboxylic acids is 1. The van der Waals surface area contributed by atoms with Crippen molar-refractivity contribution in [3.63, 3.8) is 0 Å². The molecule has 0 aliphatic carbocycles. The van der Waals surface area contributed by atoms with Crippen LogP contribution in [0.4, 0.5) is 22.7 Å². The number of fused-ring (bicyclic) bond motifs is 1. The van der Waals surface area contributed by atoms with Gasteiger partial charge in [-0.15, -0.1) is 0 Å². The van der Waals surface area contributed by atoms with Crippen LogP contribution in [0.2, 0.25) is 5.02 Å². The van der Waals surface area contributed by atoms with E-state index in [4.69, 9.17) is 28.1 Å². The van der Waals surface area contributed by atoms with Crippen LogP contribution in [0.3, 0.4) is 0 Å². The Kier molecular flexibility index (Phi) is 7.71. The molecule has 8 nitrogen and oxygen atoms in total. The number of aromatic nitrogens is 1. The number of nitrogens with two attached hydrogens (primary N) is 2. The molecular formula is C28H31ClN6O2. The molecule has 0 saturated carbocycles. The van der Waals surface area contributed by atoms with Crippen LogP contribution >= 0.6 is 11.6 Å². The van der Waals surface area contributed by atoms with Gasteiger partial charge in [-0.25, -0.2) is 4.99 Å². The molecule has 3 aromatic carbocycles. The first-order valence-electron chi connectivity index (χ1n) is 11.9. The number of aliphatic imine (C=N–C) groups is 1. The van der Waals surface area contributed by atoms with Crippen LogP contribution in [-0.2, 0) is 4.79 Å². The van der Waals surface area contributed by atoms with Crippen LogP contribution in [0.25, 0.3) is 10.9 Å². The molecular weight excluding hydrogens is 488 g/mol. The highest BCUT2D eigenvalue weighted by Crippen LogP contribution is 2.34. The second kappa shape index (κ2) is 10.9. The first-order valence-corrected chi connectivity index (χ1v) is 12.3. The molecule has 0 bridgehead atoms. The summed E-state index contributed by atoms with van der Waals surface area (Å²) < 4.78 is 0. The molecule has 0 aliphatic heterocycles. The van der Waals surface area contributed by atoms with E-state index in [1.807, 2.05) is 50.5 Å². The molecule has 0 atom stereocenters. The zero-order valence-corrected chi connectivity index (χ0v) is 21.9. The van der Waals surface area contributed by atoms with Gasteiger partial charge in [0.05, 0.1) is 33.9 Å². The van der Waals surface area contributed by atoms with Crippen molar-refractivity contribution in [2.45, 2.75) is 13.3 Å². The Morgan fingerprint density at radius 2 is 1.73 bits per heavy atom. The maximum absolute atomic E-state index is 12.3. The van der Waals surface area contributed by atoms with E-state index >= 15 is 0 Å². The van der Waals surface area contributed by atoms with Crippen LogP contribution in [0, 0.1) is 0 Å². The van der Waals surface area contributed by atoms with E-state index in [2.05, 4.69) is 9.88 Å². The highest BCUT2D eigenvalue weighted by molar-refractivity contribution is 6.31. The van der Waals surface area contributed by atoms with Crippen molar-refractivity contribution in [1.29, 1.82) is 0 Å². The quantitative estimate of drug-likeness (QED) is 0.189. The topological polar surface area (TPSA) is 124 Å². The van der Waals surface area contributed by atoms with E-state index in [0.29, 0.717) is 51.0 Å². The molecule has 1 amide bonds. The summed E-state index contributed by atoms with van der Waals surface area (Å²) in [5.41, 5.74) is 16.8. The zero-order valence-electron chi connectivity index (χ0n) is 21.1. The van der Waals surface area contributed by atoms with E-state index in [9.17, 15) is 9.90 Å². The van der Waals surface area contributed by atoms with Crippen LogP contribution < -0.4 is 16.4 Å². The largest absolute Gasteiger partial charge is 0.494 e. The predicted molar refractivity (Wildman–Crippen MR) is 153 cm³/mol. The standard InChI is InChI=1S/C28H31ClN6O2/c1-17(36)35(14-4-13-34(2)3)21-9-7-20(8-10-21)32-27(18-5-12-23(30)24(31)15-18)26-22-11-6-19(29)16-25(22)33-28(26)37/h5-12,15-16,33,37H,4,13-14,30-31H2,1-3H3. The monoisotopic (exact) mass is 518 g/mol. The van der Waals surface area contributed by atoms with Gasteiger partial charge in [0.25, 0.3) is 0 Å². The van der Waals surface area contributed by atoms with Crippen molar-refractivity contribution >= 4 is 56.9 Å². The number of nitrogens with zero attached hydrogens (tertiary/aromatic N) is 3. The summed E-state index contributed by atoms with van der Waals surface area (Å²) in [7, 11) is 4.02. The number of nitrogens with one attached hydrogen (secondary N) is 1. The number of aromatic amines is 1. The van der Waals surface area contributed by atoms with Gasteiger partial charge < -0.3 is 31.4 Å². The van der Waals surface area contributed by atoms with E-state index in [-0.39, 0.29) is 11.8 Å². The smallest absolute Gasteiger partial charge is 0.223 e. The third kappa shape index (κ3) is 5.87. The second-order valence-corrected chi connectivity index (χ2v) is 9.62. The third-order valence-electron chi connectivity index (χ3n) is 6.11. The minimum atomic E-state index is -0.0355. The molecule has 0 radical (unpaired) electrons. The van der Waals surface area contributed by atoms with Gasteiger partial charge in [0.15, 0.2) is 5.88 Å². The summed E-state index contributed by atoms with van der Waals surface area (Å²) in [4.78, 5) is 24.0. The molecule has 37 heavy (non-hydrogen) atoms. The number of amides is 1. The number of hydrogen-bond acceptors (Lipinski definition) is 6. The molecule has 0 saturated heterocycles. The molecule has 0 unspecified atom stereocenters. The van der Waals surface area contributed by atoms with E-state index < -0.39 is 0 Å². The van der Waals surface area contributed by atoms with Gasteiger partial charge in [-0.1, -0.05) is 23.7 Å². The zero-order chi connectivity index (χ0) is 26.7. The minimum absolute atomic E-state index is 0.0181. The average Bonchev–Trinajstić information content (AvgIpc) is 3.16. The SMILES string of the molecule is CC(=O)N(CCCN(C)C)c1ccc(N=C(c2ccc(N)c(N)c2)c2c(O)[nH]c3cc(Cl)ccc23)cc1. The number of nitrogen functional groups attached to an aromatic ring is 2. The lowest BCUT2D eigenvalue weighted by molar-refractivity contribution is -0.116. The number of H-pyrrole nitrogens is 1. The molecule has 4 rings (SSSR count). The summed E-state index contributed by atoms with van der Waals surface area (Å²) in [6, 6.07) is 18.0. The summed E-state index contributed by atoms with van der Waals surface area (Å²) in [6.45, 7) is 3.08. The molecule has 9 heteroatoms. The Labute approximate surface area is 221 Å². The van der Waals surface area contributed by atoms with E-state index in [1.54, 1.807) is 36.1 Å². The van der Waals surface area contributed by atoms with Gasteiger partial charge in [0.1, 0.15) is 0 Å². The molecule has 6 N–H and O–H groups in total. The summed E-state index contributed by atoms with van der Waals surface area (Å²) >= 11 is 6.16. The lowest BCUT2D eigenvalue weighted by atomic mass is 10.00. The molecule has 1 aromatic heterocycles. The maximum Gasteiger partial charge on any atom is 0.223 e. The number of benzene rings is 3. The van der Waals surface area contributed by atoms with Gasteiger partial charge in [-0.2, -0.15) is 0 Å². The Balaban J connectivity index is 1.77.